The smallest absolute Gasteiger partial charge is 0.325 e. The first-order valence-electron chi connectivity index (χ1n) is 10.6. The third-order valence-electron chi connectivity index (χ3n) is 5.76. The van der Waals surface area contributed by atoms with Gasteiger partial charge in [-0.2, -0.15) is 0 Å². The van der Waals surface area contributed by atoms with E-state index in [0.29, 0.717) is 18.5 Å². The third kappa shape index (κ3) is 4.64. The summed E-state index contributed by atoms with van der Waals surface area (Å²) in [7, 11) is 0. The van der Waals surface area contributed by atoms with E-state index >= 15 is 0 Å². The van der Waals surface area contributed by atoms with Gasteiger partial charge in [0.25, 0.3) is 11.8 Å². The fourth-order valence-electron chi connectivity index (χ4n) is 3.65. The topological polar surface area (TPSA) is 116 Å². The van der Waals surface area contributed by atoms with Gasteiger partial charge in [0, 0.05) is 5.69 Å². The number of aliphatic carboxylic acids is 1. The van der Waals surface area contributed by atoms with E-state index in [9.17, 15) is 19.2 Å². The highest BCUT2D eigenvalue weighted by atomic mass is 16.4. The molecule has 1 heterocycles. The average molecular weight is 437 g/mol. The molecule has 0 radical (unpaired) electrons. The summed E-state index contributed by atoms with van der Waals surface area (Å²) < 4.78 is 0. The summed E-state index contributed by atoms with van der Waals surface area (Å²) in [6.07, 6.45) is 0.591. The van der Waals surface area contributed by atoms with E-state index < -0.39 is 29.9 Å². The molecule has 0 spiro atoms. The molecule has 0 saturated heterocycles. The highest BCUT2D eigenvalue weighted by Gasteiger charge is 2.34. The number of anilines is 1. The molecular weight excluding hydrogens is 410 g/mol. The minimum absolute atomic E-state index is 0.193. The number of rotatable bonds is 8. The SMILES string of the molecule is CCC(C)C(NC(=O)c1cccc2c1C(=O)N(c1ccccc1)C2)C(=O)NC(C)C(=O)O. The minimum Gasteiger partial charge on any atom is -0.480 e. The highest BCUT2D eigenvalue weighted by molar-refractivity contribution is 6.16. The Balaban J connectivity index is 1.86. The molecule has 8 nitrogen and oxygen atoms in total. The number of fused-ring (bicyclic) bond motifs is 1. The molecule has 0 aromatic heterocycles. The molecule has 3 N–H and O–H groups in total. The van der Waals surface area contributed by atoms with E-state index in [1.54, 1.807) is 30.0 Å². The summed E-state index contributed by atoms with van der Waals surface area (Å²) in [4.78, 5) is 51.7. The number of hydrogen-bond acceptors (Lipinski definition) is 4. The molecule has 2 aromatic rings. The lowest BCUT2D eigenvalue weighted by molar-refractivity contribution is -0.141. The Hall–Kier alpha value is -3.68. The molecule has 168 valence electrons. The lowest BCUT2D eigenvalue weighted by atomic mass is 9.96. The van der Waals surface area contributed by atoms with Crippen LogP contribution in [0.4, 0.5) is 5.69 Å². The van der Waals surface area contributed by atoms with Crippen LogP contribution in [0.3, 0.4) is 0 Å². The van der Waals surface area contributed by atoms with Crippen LogP contribution in [0.15, 0.2) is 48.5 Å². The first kappa shape index (κ1) is 23.0. The lowest BCUT2D eigenvalue weighted by Crippen LogP contribution is -2.53. The van der Waals surface area contributed by atoms with E-state index in [0.717, 1.165) is 11.3 Å². The second-order valence-electron chi connectivity index (χ2n) is 7.97. The highest BCUT2D eigenvalue weighted by Crippen LogP contribution is 2.30. The molecule has 3 unspecified atom stereocenters. The summed E-state index contributed by atoms with van der Waals surface area (Å²) in [6, 6.07) is 12.3. The normalized spacial score (nSPS) is 15.5. The van der Waals surface area contributed by atoms with Gasteiger partial charge in [0.2, 0.25) is 5.91 Å². The average Bonchev–Trinajstić information content (AvgIpc) is 3.13. The third-order valence-corrected chi connectivity index (χ3v) is 5.76. The molecule has 1 aliphatic heterocycles. The standard InChI is InChI=1S/C24H27N3O5/c1-4-14(2)20(22(29)25-15(3)24(31)32)26-21(28)18-12-8-9-16-13-27(23(30)19(16)18)17-10-6-5-7-11-17/h5-12,14-15,20H,4,13H2,1-3H3,(H,25,29)(H,26,28)(H,31,32). The van der Waals surface area contributed by atoms with Crippen molar-refractivity contribution in [3.8, 4) is 0 Å². The number of para-hydroxylation sites is 1. The van der Waals surface area contributed by atoms with Gasteiger partial charge in [0.1, 0.15) is 12.1 Å². The fourth-order valence-corrected chi connectivity index (χ4v) is 3.65. The number of hydrogen-bond donors (Lipinski definition) is 3. The maximum Gasteiger partial charge on any atom is 0.325 e. The first-order valence-corrected chi connectivity index (χ1v) is 10.6. The van der Waals surface area contributed by atoms with E-state index in [1.807, 2.05) is 37.3 Å². The van der Waals surface area contributed by atoms with Crippen molar-refractivity contribution in [1.82, 2.24) is 10.6 Å². The first-order chi connectivity index (χ1) is 15.2. The van der Waals surface area contributed by atoms with Crippen molar-refractivity contribution >= 4 is 29.4 Å². The number of benzene rings is 2. The molecule has 0 fully saturated rings. The van der Waals surface area contributed by atoms with Crippen LogP contribution in [-0.4, -0.2) is 40.9 Å². The van der Waals surface area contributed by atoms with Crippen molar-refractivity contribution < 1.29 is 24.3 Å². The van der Waals surface area contributed by atoms with Gasteiger partial charge in [-0.15, -0.1) is 0 Å². The van der Waals surface area contributed by atoms with Crippen LogP contribution >= 0.6 is 0 Å². The van der Waals surface area contributed by atoms with Crippen molar-refractivity contribution in [2.24, 2.45) is 5.92 Å². The summed E-state index contributed by atoms with van der Waals surface area (Å²) in [5.41, 5.74) is 1.98. The Labute approximate surface area is 186 Å². The van der Waals surface area contributed by atoms with Gasteiger partial charge in [-0.3, -0.25) is 19.2 Å². The summed E-state index contributed by atoms with van der Waals surface area (Å²) in [5.74, 6) is -2.81. The van der Waals surface area contributed by atoms with Crippen LogP contribution < -0.4 is 15.5 Å². The van der Waals surface area contributed by atoms with Crippen LogP contribution in [0.5, 0.6) is 0 Å². The van der Waals surface area contributed by atoms with Gasteiger partial charge in [0.15, 0.2) is 0 Å². The maximum atomic E-state index is 13.2. The van der Waals surface area contributed by atoms with E-state index in [-0.39, 0.29) is 17.4 Å². The van der Waals surface area contributed by atoms with Gasteiger partial charge < -0.3 is 20.6 Å². The largest absolute Gasteiger partial charge is 0.480 e. The maximum absolute atomic E-state index is 13.2. The molecule has 0 bridgehead atoms. The molecule has 3 rings (SSSR count). The zero-order chi connectivity index (χ0) is 23.4. The molecule has 0 aliphatic carbocycles. The van der Waals surface area contributed by atoms with Crippen LogP contribution in [0.25, 0.3) is 0 Å². The van der Waals surface area contributed by atoms with Crippen LogP contribution in [0.1, 0.15) is 53.5 Å². The second-order valence-corrected chi connectivity index (χ2v) is 7.97. The van der Waals surface area contributed by atoms with E-state index in [4.69, 9.17) is 5.11 Å². The van der Waals surface area contributed by atoms with E-state index in [2.05, 4.69) is 10.6 Å². The number of amides is 3. The molecule has 1 aliphatic rings. The second kappa shape index (κ2) is 9.64. The molecule has 2 aromatic carbocycles. The Bertz CT molecular complexity index is 1040. The van der Waals surface area contributed by atoms with Crippen molar-refractivity contribution in [3.63, 3.8) is 0 Å². The number of carbonyl (C=O) groups is 4. The van der Waals surface area contributed by atoms with Crippen molar-refractivity contribution in [1.29, 1.82) is 0 Å². The molecule has 3 amide bonds. The predicted molar refractivity (Wildman–Crippen MR) is 119 cm³/mol. The fraction of sp³-hybridized carbons (Fsp3) is 0.333. The van der Waals surface area contributed by atoms with Crippen LogP contribution in [-0.2, 0) is 16.1 Å². The molecular formula is C24H27N3O5. The Kier molecular flexibility index (Phi) is 6.92. The van der Waals surface area contributed by atoms with Crippen molar-refractivity contribution in [2.75, 3.05) is 4.90 Å². The van der Waals surface area contributed by atoms with Crippen LogP contribution in [0.2, 0.25) is 0 Å². The Morgan fingerprint density at radius 1 is 1.03 bits per heavy atom. The van der Waals surface area contributed by atoms with Crippen molar-refractivity contribution in [3.05, 3.63) is 65.2 Å². The molecule has 3 atom stereocenters. The molecule has 0 saturated carbocycles. The number of nitrogens with one attached hydrogen (secondary N) is 2. The summed E-state index contributed by atoms with van der Waals surface area (Å²) >= 11 is 0. The summed E-state index contributed by atoms with van der Waals surface area (Å²) in [6.45, 7) is 5.38. The number of nitrogens with zero attached hydrogens (tertiary/aromatic N) is 1. The van der Waals surface area contributed by atoms with Crippen molar-refractivity contribution in [2.45, 2.75) is 45.8 Å². The van der Waals surface area contributed by atoms with Gasteiger partial charge >= 0.3 is 5.97 Å². The Morgan fingerprint density at radius 3 is 2.34 bits per heavy atom. The Morgan fingerprint density at radius 2 is 1.72 bits per heavy atom. The molecule has 8 heteroatoms. The number of carboxylic acid groups (broad SMARTS) is 1. The van der Waals surface area contributed by atoms with Gasteiger partial charge in [-0.1, -0.05) is 50.6 Å². The quantitative estimate of drug-likeness (QED) is 0.587. The van der Waals surface area contributed by atoms with Gasteiger partial charge in [-0.25, -0.2) is 0 Å². The zero-order valence-electron chi connectivity index (χ0n) is 18.3. The molecule has 32 heavy (non-hydrogen) atoms. The van der Waals surface area contributed by atoms with E-state index in [1.165, 1.54) is 6.92 Å². The zero-order valence-corrected chi connectivity index (χ0v) is 18.3. The van der Waals surface area contributed by atoms with Crippen LogP contribution in [0, 0.1) is 5.92 Å². The summed E-state index contributed by atoms with van der Waals surface area (Å²) in [5, 5.41) is 14.2. The number of carboxylic acids is 1. The minimum atomic E-state index is -1.17. The predicted octanol–water partition coefficient (Wildman–Crippen LogP) is 2.58. The lowest BCUT2D eigenvalue weighted by Gasteiger charge is -2.25. The van der Waals surface area contributed by atoms with Gasteiger partial charge in [-0.05, 0) is 36.6 Å². The monoisotopic (exact) mass is 437 g/mol. The van der Waals surface area contributed by atoms with Gasteiger partial charge in [0.05, 0.1) is 17.7 Å². The number of carbonyl (C=O) groups excluding carboxylic acids is 3.